The quantitative estimate of drug-likeness (QED) is 0.880. The Morgan fingerprint density at radius 1 is 1.22 bits per heavy atom. The first-order valence-corrected chi connectivity index (χ1v) is 8.10. The summed E-state index contributed by atoms with van der Waals surface area (Å²) in [6.45, 7) is 2.73. The number of carbonyl (C=O) groups is 1. The molecule has 6 heteroatoms. The summed E-state index contributed by atoms with van der Waals surface area (Å²) in [4.78, 5) is 16.7. The summed E-state index contributed by atoms with van der Waals surface area (Å²) in [5, 5.41) is 6.89. The molecule has 0 spiro atoms. The van der Waals surface area contributed by atoms with E-state index in [1.807, 2.05) is 46.5 Å². The van der Waals surface area contributed by atoms with Gasteiger partial charge < -0.3 is 9.64 Å². The van der Waals surface area contributed by atoms with Crippen molar-refractivity contribution in [1.29, 1.82) is 0 Å². The lowest BCUT2D eigenvalue weighted by molar-refractivity contribution is 0.184. The number of nitrogens with zero attached hydrogens (tertiary/aromatic N) is 3. The van der Waals surface area contributed by atoms with Crippen LogP contribution in [0.1, 0.15) is 24.3 Å². The number of para-hydroxylation sites is 2. The number of hydrogen-bond donors (Lipinski definition) is 1. The lowest BCUT2D eigenvalue weighted by Crippen LogP contribution is -2.49. The molecule has 2 aliphatic rings. The zero-order valence-corrected chi connectivity index (χ0v) is 12.9. The van der Waals surface area contributed by atoms with Crippen molar-refractivity contribution in [1.82, 2.24) is 15.1 Å². The van der Waals surface area contributed by atoms with Crippen molar-refractivity contribution in [2.45, 2.75) is 18.8 Å². The fourth-order valence-corrected chi connectivity index (χ4v) is 3.43. The van der Waals surface area contributed by atoms with E-state index in [1.165, 1.54) is 5.56 Å². The van der Waals surface area contributed by atoms with Crippen molar-refractivity contribution in [3.63, 3.8) is 0 Å². The molecule has 0 unspecified atom stereocenters. The first-order chi connectivity index (χ1) is 11.3. The summed E-state index contributed by atoms with van der Waals surface area (Å²) in [7, 11) is 0. The fraction of sp³-hybridized carbons (Fsp3) is 0.412. The van der Waals surface area contributed by atoms with Crippen LogP contribution in [0.15, 0.2) is 36.7 Å². The van der Waals surface area contributed by atoms with E-state index in [-0.39, 0.29) is 6.03 Å². The van der Waals surface area contributed by atoms with Crippen molar-refractivity contribution < 1.29 is 9.53 Å². The second kappa shape index (κ2) is 5.95. The minimum absolute atomic E-state index is 0.0893. The van der Waals surface area contributed by atoms with Crippen molar-refractivity contribution >= 4 is 11.7 Å². The third-order valence-electron chi connectivity index (χ3n) is 4.72. The predicted molar refractivity (Wildman–Crippen MR) is 86.8 cm³/mol. The minimum atomic E-state index is 0.0893. The maximum absolute atomic E-state index is 12.9. The standard InChI is InChI=1S/C17H20N4O2/c22-17(21-9-10-23-16-4-2-1-3-15(16)21)20-7-5-13(6-8-20)14-11-18-19-12-14/h1-4,11-13H,5-10H2,(H,18,19). The van der Waals surface area contributed by atoms with Crippen LogP contribution in [0.3, 0.4) is 0 Å². The van der Waals surface area contributed by atoms with E-state index in [9.17, 15) is 4.79 Å². The smallest absolute Gasteiger partial charge is 0.324 e. The number of aromatic nitrogens is 2. The molecule has 0 aliphatic carbocycles. The summed E-state index contributed by atoms with van der Waals surface area (Å²) in [6.07, 6.45) is 5.81. The lowest BCUT2D eigenvalue weighted by atomic mass is 9.92. The van der Waals surface area contributed by atoms with Gasteiger partial charge in [0.25, 0.3) is 0 Å². The van der Waals surface area contributed by atoms with Crippen LogP contribution in [0.25, 0.3) is 0 Å². The third kappa shape index (κ3) is 2.65. The van der Waals surface area contributed by atoms with Gasteiger partial charge in [-0.15, -0.1) is 0 Å². The first kappa shape index (κ1) is 14.1. The second-order valence-electron chi connectivity index (χ2n) is 6.04. The van der Waals surface area contributed by atoms with Crippen LogP contribution < -0.4 is 9.64 Å². The Hall–Kier alpha value is -2.50. The van der Waals surface area contributed by atoms with Gasteiger partial charge in [0.2, 0.25) is 0 Å². The van der Waals surface area contributed by atoms with Gasteiger partial charge in [-0.05, 0) is 36.5 Å². The maximum atomic E-state index is 12.9. The number of likely N-dealkylation sites (tertiary alicyclic amines) is 1. The van der Waals surface area contributed by atoms with Crippen LogP contribution in [0.5, 0.6) is 5.75 Å². The molecule has 23 heavy (non-hydrogen) atoms. The number of piperidine rings is 1. The summed E-state index contributed by atoms with van der Waals surface area (Å²) in [5.74, 6) is 1.29. The van der Waals surface area contributed by atoms with Crippen molar-refractivity contribution in [2.24, 2.45) is 0 Å². The van der Waals surface area contributed by atoms with Crippen molar-refractivity contribution in [2.75, 3.05) is 31.1 Å². The number of nitrogens with one attached hydrogen (secondary N) is 1. The molecule has 3 heterocycles. The molecule has 2 aromatic rings. The molecule has 4 rings (SSSR count). The minimum Gasteiger partial charge on any atom is -0.490 e. The van der Waals surface area contributed by atoms with E-state index < -0.39 is 0 Å². The highest BCUT2D eigenvalue weighted by molar-refractivity contribution is 5.94. The molecule has 1 saturated heterocycles. The third-order valence-corrected chi connectivity index (χ3v) is 4.72. The number of fused-ring (bicyclic) bond motifs is 1. The topological polar surface area (TPSA) is 61.5 Å². The fourth-order valence-electron chi connectivity index (χ4n) is 3.43. The Morgan fingerprint density at radius 3 is 2.83 bits per heavy atom. The molecule has 0 radical (unpaired) electrons. The van der Waals surface area contributed by atoms with Crippen molar-refractivity contribution in [3.8, 4) is 5.75 Å². The molecule has 2 aliphatic heterocycles. The molecule has 6 nitrogen and oxygen atoms in total. The van der Waals surface area contributed by atoms with E-state index in [0.29, 0.717) is 19.1 Å². The van der Waals surface area contributed by atoms with Gasteiger partial charge in [0.15, 0.2) is 0 Å². The molecule has 1 aromatic heterocycles. The Balaban J connectivity index is 1.45. The Labute approximate surface area is 135 Å². The highest BCUT2D eigenvalue weighted by Crippen LogP contribution is 2.33. The highest BCUT2D eigenvalue weighted by atomic mass is 16.5. The van der Waals surface area contributed by atoms with Crippen LogP contribution >= 0.6 is 0 Å². The van der Waals surface area contributed by atoms with Gasteiger partial charge in [0, 0.05) is 19.3 Å². The molecule has 2 amide bonds. The van der Waals surface area contributed by atoms with Gasteiger partial charge in [0.1, 0.15) is 12.4 Å². The number of anilines is 1. The van der Waals surface area contributed by atoms with Crippen LogP contribution in [0.4, 0.5) is 10.5 Å². The van der Waals surface area contributed by atoms with Crippen LogP contribution in [0.2, 0.25) is 0 Å². The van der Waals surface area contributed by atoms with Gasteiger partial charge in [-0.1, -0.05) is 12.1 Å². The average Bonchev–Trinajstić information content (AvgIpc) is 3.15. The number of urea groups is 1. The van der Waals surface area contributed by atoms with Crippen LogP contribution in [-0.2, 0) is 0 Å². The highest BCUT2D eigenvalue weighted by Gasteiger charge is 2.30. The molecular formula is C17H20N4O2. The largest absolute Gasteiger partial charge is 0.490 e. The monoisotopic (exact) mass is 312 g/mol. The Bertz CT molecular complexity index is 678. The second-order valence-corrected chi connectivity index (χ2v) is 6.04. The van der Waals surface area contributed by atoms with Gasteiger partial charge in [-0.2, -0.15) is 5.10 Å². The normalized spacial score (nSPS) is 18.4. The zero-order valence-electron chi connectivity index (χ0n) is 12.9. The number of aromatic amines is 1. The summed E-state index contributed by atoms with van der Waals surface area (Å²) < 4.78 is 5.63. The van der Waals surface area contributed by atoms with Gasteiger partial charge in [-0.25, -0.2) is 4.79 Å². The molecule has 0 saturated carbocycles. The number of ether oxygens (including phenoxy) is 1. The Kier molecular flexibility index (Phi) is 3.65. The molecule has 120 valence electrons. The van der Waals surface area contributed by atoms with Gasteiger partial charge >= 0.3 is 6.03 Å². The van der Waals surface area contributed by atoms with Gasteiger partial charge in [0.05, 0.1) is 18.4 Å². The predicted octanol–water partition coefficient (Wildman–Crippen LogP) is 2.61. The van der Waals surface area contributed by atoms with E-state index >= 15 is 0 Å². The molecule has 1 N–H and O–H groups in total. The number of benzene rings is 1. The summed E-state index contributed by atoms with van der Waals surface area (Å²) in [6, 6.07) is 7.83. The van der Waals surface area contributed by atoms with E-state index in [0.717, 1.165) is 37.4 Å². The number of hydrogen-bond acceptors (Lipinski definition) is 3. The van der Waals surface area contributed by atoms with Crippen LogP contribution in [-0.4, -0.2) is 47.4 Å². The molecule has 0 atom stereocenters. The van der Waals surface area contributed by atoms with E-state index in [4.69, 9.17) is 4.74 Å². The zero-order chi connectivity index (χ0) is 15.6. The molecule has 1 aromatic carbocycles. The molecule has 0 bridgehead atoms. The summed E-state index contributed by atoms with van der Waals surface area (Å²) >= 11 is 0. The SMILES string of the molecule is O=C(N1CCC(c2cn[nH]c2)CC1)N1CCOc2ccccc21. The van der Waals surface area contributed by atoms with Crippen LogP contribution in [0, 0.1) is 0 Å². The average molecular weight is 312 g/mol. The Morgan fingerprint density at radius 2 is 2.04 bits per heavy atom. The number of H-pyrrole nitrogens is 1. The van der Waals surface area contributed by atoms with E-state index in [2.05, 4.69) is 10.2 Å². The first-order valence-electron chi connectivity index (χ1n) is 8.10. The molecular weight excluding hydrogens is 292 g/mol. The number of carbonyl (C=O) groups excluding carboxylic acids is 1. The van der Waals surface area contributed by atoms with E-state index in [1.54, 1.807) is 0 Å². The number of amides is 2. The van der Waals surface area contributed by atoms with Crippen molar-refractivity contribution in [3.05, 3.63) is 42.2 Å². The lowest BCUT2D eigenvalue weighted by Gasteiger charge is -2.37. The molecule has 1 fully saturated rings. The maximum Gasteiger partial charge on any atom is 0.324 e. The van der Waals surface area contributed by atoms with Gasteiger partial charge in [-0.3, -0.25) is 10.00 Å². The number of rotatable bonds is 1. The summed E-state index contributed by atoms with van der Waals surface area (Å²) in [5.41, 5.74) is 2.12.